The van der Waals surface area contributed by atoms with E-state index in [9.17, 15) is 9.18 Å². The Morgan fingerprint density at radius 2 is 1.64 bits per heavy atom. The van der Waals surface area contributed by atoms with E-state index < -0.39 is 0 Å². The Labute approximate surface area is 128 Å². The lowest BCUT2D eigenvalue weighted by Crippen LogP contribution is -2.25. The number of hydrogen-bond acceptors (Lipinski definition) is 3. The van der Waals surface area contributed by atoms with Gasteiger partial charge in [0.25, 0.3) is 5.91 Å². The van der Waals surface area contributed by atoms with Gasteiger partial charge in [0, 0.05) is 25.8 Å². The van der Waals surface area contributed by atoms with E-state index in [1.807, 2.05) is 0 Å². The third kappa shape index (κ3) is 4.86. The molecule has 1 N–H and O–H groups in total. The Balaban J connectivity index is 1.89. The van der Waals surface area contributed by atoms with Crippen LogP contribution in [0.2, 0.25) is 0 Å². The molecule has 0 spiro atoms. The number of benzene rings is 2. The van der Waals surface area contributed by atoms with Gasteiger partial charge in [-0.25, -0.2) is 4.39 Å². The molecule has 116 valence electrons. The van der Waals surface area contributed by atoms with Crippen molar-refractivity contribution < 1.29 is 18.7 Å². The highest BCUT2D eigenvalue weighted by molar-refractivity contribution is 5.94. The predicted molar refractivity (Wildman–Crippen MR) is 81.7 cm³/mol. The molecular weight excluding hydrogens is 285 g/mol. The number of carbonyl (C=O) groups excluding carboxylic acids is 1. The minimum Gasteiger partial charge on any atom is -0.457 e. The van der Waals surface area contributed by atoms with E-state index >= 15 is 0 Å². The van der Waals surface area contributed by atoms with Gasteiger partial charge in [0.05, 0.1) is 0 Å². The van der Waals surface area contributed by atoms with E-state index in [0.29, 0.717) is 30.2 Å². The van der Waals surface area contributed by atoms with Gasteiger partial charge in [0.2, 0.25) is 0 Å². The van der Waals surface area contributed by atoms with Crippen LogP contribution in [0.25, 0.3) is 0 Å². The molecular formula is C17H18FNO3. The quantitative estimate of drug-likeness (QED) is 0.798. The van der Waals surface area contributed by atoms with Gasteiger partial charge in [-0.3, -0.25) is 4.79 Å². The predicted octanol–water partition coefficient (Wildman–Crippen LogP) is 3.38. The number of halogens is 1. The van der Waals surface area contributed by atoms with Gasteiger partial charge < -0.3 is 14.8 Å². The standard InChI is InChI=1S/C17H18FNO3/c1-21-12-2-11-19-17(20)13-3-7-15(8-4-13)22-16-9-5-14(18)6-10-16/h3-10H,2,11-12H2,1H3,(H,19,20). The van der Waals surface area contributed by atoms with E-state index in [4.69, 9.17) is 9.47 Å². The molecule has 2 rings (SSSR count). The molecule has 0 aliphatic carbocycles. The summed E-state index contributed by atoms with van der Waals surface area (Å²) in [5.41, 5.74) is 0.559. The first-order chi connectivity index (χ1) is 10.7. The second-order valence-corrected chi connectivity index (χ2v) is 4.68. The van der Waals surface area contributed by atoms with Crippen molar-refractivity contribution >= 4 is 5.91 Å². The van der Waals surface area contributed by atoms with Crippen LogP contribution in [-0.2, 0) is 4.74 Å². The molecule has 0 fully saturated rings. The van der Waals surface area contributed by atoms with Gasteiger partial charge >= 0.3 is 0 Å². The first kappa shape index (κ1) is 16.0. The first-order valence-corrected chi connectivity index (χ1v) is 6.99. The molecule has 0 atom stereocenters. The highest BCUT2D eigenvalue weighted by Gasteiger charge is 2.05. The largest absolute Gasteiger partial charge is 0.457 e. The van der Waals surface area contributed by atoms with Crippen molar-refractivity contribution in [1.82, 2.24) is 5.32 Å². The summed E-state index contributed by atoms with van der Waals surface area (Å²) in [5, 5.41) is 2.81. The zero-order chi connectivity index (χ0) is 15.8. The van der Waals surface area contributed by atoms with Crippen molar-refractivity contribution in [2.75, 3.05) is 20.3 Å². The maximum Gasteiger partial charge on any atom is 0.251 e. The maximum atomic E-state index is 12.8. The molecule has 0 unspecified atom stereocenters. The van der Waals surface area contributed by atoms with Gasteiger partial charge in [0.15, 0.2) is 0 Å². The SMILES string of the molecule is COCCCNC(=O)c1ccc(Oc2ccc(F)cc2)cc1. The molecule has 2 aromatic carbocycles. The van der Waals surface area contributed by atoms with Crippen LogP contribution < -0.4 is 10.1 Å². The van der Waals surface area contributed by atoms with Crippen molar-refractivity contribution in [2.45, 2.75) is 6.42 Å². The lowest BCUT2D eigenvalue weighted by Gasteiger charge is -2.07. The second-order valence-electron chi connectivity index (χ2n) is 4.68. The second kappa shape index (κ2) is 8.14. The number of carbonyl (C=O) groups is 1. The maximum absolute atomic E-state index is 12.8. The molecule has 5 heteroatoms. The van der Waals surface area contributed by atoms with Crippen molar-refractivity contribution in [3.8, 4) is 11.5 Å². The molecule has 4 nitrogen and oxygen atoms in total. The fourth-order valence-corrected chi connectivity index (χ4v) is 1.83. The lowest BCUT2D eigenvalue weighted by molar-refractivity contribution is 0.0948. The fraction of sp³-hybridized carbons (Fsp3) is 0.235. The molecule has 0 saturated carbocycles. The fourth-order valence-electron chi connectivity index (χ4n) is 1.83. The van der Waals surface area contributed by atoms with Gasteiger partial charge in [0.1, 0.15) is 17.3 Å². The highest BCUT2D eigenvalue weighted by Crippen LogP contribution is 2.21. The lowest BCUT2D eigenvalue weighted by atomic mass is 10.2. The Morgan fingerprint density at radius 3 is 2.23 bits per heavy atom. The van der Waals surface area contributed by atoms with Crippen molar-refractivity contribution in [3.63, 3.8) is 0 Å². The Bertz CT molecular complexity index is 596. The number of nitrogens with one attached hydrogen (secondary N) is 1. The van der Waals surface area contributed by atoms with E-state index in [0.717, 1.165) is 6.42 Å². The first-order valence-electron chi connectivity index (χ1n) is 6.99. The third-order valence-electron chi connectivity index (χ3n) is 2.98. The molecule has 0 aromatic heterocycles. The van der Waals surface area contributed by atoms with E-state index in [-0.39, 0.29) is 11.7 Å². The van der Waals surface area contributed by atoms with Crippen LogP contribution >= 0.6 is 0 Å². The van der Waals surface area contributed by atoms with E-state index in [1.165, 1.54) is 12.1 Å². The zero-order valence-corrected chi connectivity index (χ0v) is 12.3. The molecule has 2 aromatic rings. The van der Waals surface area contributed by atoms with Crippen molar-refractivity contribution in [2.24, 2.45) is 0 Å². The van der Waals surface area contributed by atoms with Crippen LogP contribution in [0.3, 0.4) is 0 Å². The van der Waals surface area contributed by atoms with Crippen LogP contribution in [0.15, 0.2) is 48.5 Å². The smallest absolute Gasteiger partial charge is 0.251 e. The molecule has 0 heterocycles. The van der Waals surface area contributed by atoms with Crippen LogP contribution in [-0.4, -0.2) is 26.2 Å². The molecule has 0 aliphatic rings. The monoisotopic (exact) mass is 303 g/mol. The van der Waals surface area contributed by atoms with Gasteiger partial charge in [-0.1, -0.05) is 0 Å². The topological polar surface area (TPSA) is 47.6 Å². The van der Waals surface area contributed by atoms with Gasteiger partial charge in [-0.05, 0) is 55.0 Å². The average molecular weight is 303 g/mol. The molecule has 1 amide bonds. The number of methoxy groups -OCH3 is 1. The Morgan fingerprint density at radius 1 is 1.05 bits per heavy atom. The minimum atomic E-state index is -0.312. The average Bonchev–Trinajstić information content (AvgIpc) is 2.54. The van der Waals surface area contributed by atoms with Crippen molar-refractivity contribution in [3.05, 3.63) is 59.9 Å². The van der Waals surface area contributed by atoms with Gasteiger partial charge in [-0.15, -0.1) is 0 Å². The van der Waals surface area contributed by atoms with Gasteiger partial charge in [-0.2, -0.15) is 0 Å². The summed E-state index contributed by atoms with van der Waals surface area (Å²) in [6, 6.07) is 12.5. The summed E-state index contributed by atoms with van der Waals surface area (Å²) in [6.07, 6.45) is 0.772. The molecule has 0 saturated heterocycles. The van der Waals surface area contributed by atoms with Crippen LogP contribution in [0.4, 0.5) is 4.39 Å². The molecule has 0 aliphatic heterocycles. The van der Waals surface area contributed by atoms with E-state index in [1.54, 1.807) is 43.5 Å². The summed E-state index contributed by atoms with van der Waals surface area (Å²) in [6.45, 7) is 1.19. The Hall–Kier alpha value is -2.40. The summed E-state index contributed by atoms with van der Waals surface area (Å²) < 4.78 is 23.3. The summed E-state index contributed by atoms with van der Waals surface area (Å²) in [4.78, 5) is 11.9. The number of amides is 1. The molecule has 0 bridgehead atoms. The Kier molecular flexibility index (Phi) is 5.91. The van der Waals surface area contributed by atoms with E-state index in [2.05, 4.69) is 5.32 Å². The summed E-state index contributed by atoms with van der Waals surface area (Å²) >= 11 is 0. The number of rotatable bonds is 7. The summed E-state index contributed by atoms with van der Waals surface area (Å²) in [5.74, 6) is 0.679. The molecule has 0 radical (unpaired) electrons. The molecule has 22 heavy (non-hydrogen) atoms. The minimum absolute atomic E-state index is 0.135. The third-order valence-corrected chi connectivity index (χ3v) is 2.98. The number of hydrogen-bond donors (Lipinski definition) is 1. The van der Waals surface area contributed by atoms with Crippen LogP contribution in [0, 0.1) is 5.82 Å². The normalized spacial score (nSPS) is 10.3. The van der Waals surface area contributed by atoms with Crippen molar-refractivity contribution in [1.29, 1.82) is 0 Å². The zero-order valence-electron chi connectivity index (χ0n) is 12.3. The summed E-state index contributed by atoms with van der Waals surface area (Å²) in [7, 11) is 1.63. The highest BCUT2D eigenvalue weighted by atomic mass is 19.1. The van der Waals surface area contributed by atoms with Crippen LogP contribution in [0.5, 0.6) is 11.5 Å². The van der Waals surface area contributed by atoms with Crippen LogP contribution in [0.1, 0.15) is 16.8 Å². The number of ether oxygens (including phenoxy) is 2.